The van der Waals surface area contributed by atoms with E-state index in [2.05, 4.69) is 5.32 Å². The van der Waals surface area contributed by atoms with Gasteiger partial charge in [-0.05, 0) is 36.2 Å². The standard InChI is InChI=1S/C21H22N2O6/c24-19(10-12-23-17-3-1-2-4-18(17)29-13-20(23)25)22-11-9-15-5-7-16(8-6-15)28-14-21(26)27/h1-8H,9-14H2,(H,22,24)(H,26,27). The molecular formula is C21H22N2O6. The van der Waals surface area contributed by atoms with Crippen molar-refractivity contribution in [1.29, 1.82) is 0 Å². The van der Waals surface area contributed by atoms with Gasteiger partial charge in [-0.2, -0.15) is 0 Å². The van der Waals surface area contributed by atoms with Crippen LogP contribution < -0.4 is 19.7 Å². The molecule has 2 aromatic carbocycles. The summed E-state index contributed by atoms with van der Waals surface area (Å²) in [6.07, 6.45) is 0.826. The van der Waals surface area contributed by atoms with Crippen LogP contribution in [0.15, 0.2) is 48.5 Å². The molecule has 0 saturated carbocycles. The molecule has 1 aliphatic rings. The topological polar surface area (TPSA) is 105 Å². The number of anilines is 1. The van der Waals surface area contributed by atoms with E-state index in [9.17, 15) is 14.4 Å². The number of amides is 2. The summed E-state index contributed by atoms with van der Waals surface area (Å²) in [5, 5.41) is 11.4. The molecule has 0 fully saturated rings. The summed E-state index contributed by atoms with van der Waals surface area (Å²) in [7, 11) is 0. The van der Waals surface area contributed by atoms with Crippen molar-refractivity contribution in [2.75, 3.05) is 31.2 Å². The number of fused-ring (bicyclic) bond motifs is 1. The summed E-state index contributed by atoms with van der Waals surface area (Å²) in [5.74, 6) is -0.206. The van der Waals surface area contributed by atoms with Crippen molar-refractivity contribution < 1.29 is 29.0 Å². The van der Waals surface area contributed by atoms with Gasteiger partial charge in [0.1, 0.15) is 11.5 Å². The molecule has 0 saturated heterocycles. The lowest BCUT2D eigenvalue weighted by Gasteiger charge is -2.29. The maximum atomic E-state index is 12.1. The average molecular weight is 398 g/mol. The van der Waals surface area contributed by atoms with Crippen LogP contribution in [0.2, 0.25) is 0 Å². The smallest absolute Gasteiger partial charge is 0.341 e. The molecule has 0 aliphatic carbocycles. The molecule has 2 amide bonds. The van der Waals surface area contributed by atoms with Crippen LogP contribution in [0, 0.1) is 0 Å². The third kappa shape index (κ3) is 5.71. The van der Waals surface area contributed by atoms with Crippen molar-refractivity contribution >= 4 is 23.5 Å². The Labute approximate surface area is 168 Å². The molecule has 1 heterocycles. The van der Waals surface area contributed by atoms with Crippen LogP contribution in [0.4, 0.5) is 5.69 Å². The molecule has 3 rings (SSSR count). The summed E-state index contributed by atoms with van der Waals surface area (Å²) < 4.78 is 10.5. The van der Waals surface area contributed by atoms with Crippen molar-refractivity contribution in [3.8, 4) is 11.5 Å². The molecular weight excluding hydrogens is 376 g/mol. The molecule has 2 aromatic rings. The van der Waals surface area contributed by atoms with Gasteiger partial charge >= 0.3 is 5.97 Å². The first-order valence-electron chi connectivity index (χ1n) is 9.25. The van der Waals surface area contributed by atoms with Gasteiger partial charge in [0.05, 0.1) is 5.69 Å². The molecule has 152 valence electrons. The third-order valence-corrected chi connectivity index (χ3v) is 4.39. The molecule has 8 nitrogen and oxygen atoms in total. The second kappa shape index (κ2) is 9.59. The Morgan fingerprint density at radius 3 is 2.66 bits per heavy atom. The first-order chi connectivity index (χ1) is 14.0. The minimum absolute atomic E-state index is 0.0230. The SMILES string of the molecule is O=C(O)COc1ccc(CCNC(=O)CCN2C(=O)COc3ccccc32)cc1. The molecule has 0 aromatic heterocycles. The van der Waals surface area contributed by atoms with Crippen LogP contribution in [-0.2, 0) is 20.8 Å². The van der Waals surface area contributed by atoms with E-state index in [1.807, 2.05) is 24.3 Å². The predicted molar refractivity (Wildman–Crippen MR) is 105 cm³/mol. The van der Waals surface area contributed by atoms with E-state index in [0.717, 1.165) is 5.56 Å². The molecule has 29 heavy (non-hydrogen) atoms. The van der Waals surface area contributed by atoms with Crippen LogP contribution in [0.1, 0.15) is 12.0 Å². The van der Waals surface area contributed by atoms with Gasteiger partial charge in [-0.15, -0.1) is 0 Å². The number of benzene rings is 2. The van der Waals surface area contributed by atoms with Gasteiger partial charge in [0.15, 0.2) is 13.2 Å². The second-order valence-corrected chi connectivity index (χ2v) is 6.48. The second-order valence-electron chi connectivity index (χ2n) is 6.48. The van der Waals surface area contributed by atoms with Crippen molar-refractivity contribution in [2.45, 2.75) is 12.8 Å². The minimum atomic E-state index is -1.03. The highest BCUT2D eigenvalue weighted by Crippen LogP contribution is 2.31. The lowest BCUT2D eigenvalue weighted by atomic mass is 10.1. The molecule has 0 radical (unpaired) electrons. The fourth-order valence-electron chi connectivity index (χ4n) is 2.94. The van der Waals surface area contributed by atoms with Crippen molar-refractivity contribution in [3.05, 3.63) is 54.1 Å². The monoisotopic (exact) mass is 398 g/mol. The van der Waals surface area contributed by atoms with Crippen LogP contribution in [0.5, 0.6) is 11.5 Å². The summed E-state index contributed by atoms with van der Waals surface area (Å²) in [6.45, 7) is 0.346. The molecule has 0 atom stereocenters. The van der Waals surface area contributed by atoms with E-state index < -0.39 is 5.97 Å². The summed E-state index contributed by atoms with van der Waals surface area (Å²) >= 11 is 0. The zero-order chi connectivity index (χ0) is 20.6. The van der Waals surface area contributed by atoms with E-state index >= 15 is 0 Å². The quantitative estimate of drug-likeness (QED) is 0.665. The van der Waals surface area contributed by atoms with E-state index in [1.165, 1.54) is 0 Å². The number of ether oxygens (including phenoxy) is 2. The normalized spacial score (nSPS) is 12.7. The van der Waals surface area contributed by atoms with Gasteiger partial charge in [0.2, 0.25) is 5.91 Å². The van der Waals surface area contributed by atoms with Crippen LogP contribution >= 0.6 is 0 Å². The Hall–Kier alpha value is -3.55. The van der Waals surface area contributed by atoms with E-state index in [0.29, 0.717) is 36.7 Å². The zero-order valence-electron chi connectivity index (χ0n) is 15.8. The number of rotatable bonds is 9. The number of carbonyl (C=O) groups excluding carboxylic acids is 2. The number of carbonyl (C=O) groups is 3. The minimum Gasteiger partial charge on any atom is -0.482 e. The predicted octanol–water partition coefficient (Wildman–Crippen LogP) is 1.62. The average Bonchev–Trinajstić information content (AvgIpc) is 2.72. The maximum Gasteiger partial charge on any atom is 0.341 e. The van der Waals surface area contributed by atoms with Crippen molar-refractivity contribution in [1.82, 2.24) is 5.32 Å². The highest BCUT2D eigenvalue weighted by molar-refractivity contribution is 5.98. The molecule has 0 unspecified atom stereocenters. The Morgan fingerprint density at radius 1 is 1.14 bits per heavy atom. The Bertz CT molecular complexity index is 881. The number of hydrogen-bond acceptors (Lipinski definition) is 5. The number of nitrogens with zero attached hydrogens (tertiary/aromatic N) is 1. The lowest BCUT2D eigenvalue weighted by molar-refractivity contribution is -0.139. The van der Waals surface area contributed by atoms with Gasteiger partial charge < -0.3 is 24.8 Å². The highest BCUT2D eigenvalue weighted by atomic mass is 16.5. The first-order valence-corrected chi connectivity index (χ1v) is 9.25. The number of nitrogens with one attached hydrogen (secondary N) is 1. The summed E-state index contributed by atoms with van der Waals surface area (Å²) in [6, 6.07) is 14.3. The fourth-order valence-corrected chi connectivity index (χ4v) is 2.94. The van der Waals surface area contributed by atoms with Crippen LogP contribution in [0.25, 0.3) is 0 Å². The van der Waals surface area contributed by atoms with Gasteiger partial charge in [-0.1, -0.05) is 24.3 Å². The van der Waals surface area contributed by atoms with Crippen LogP contribution in [-0.4, -0.2) is 49.2 Å². The number of carboxylic acid groups (broad SMARTS) is 1. The third-order valence-electron chi connectivity index (χ3n) is 4.39. The van der Waals surface area contributed by atoms with E-state index in [-0.39, 0.29) is 31.4 Å². The zero-order valence-corrected chi connectivity index (χ0v) is 15.8. The number of aliphatic carboxylic acids is 1. The first kappa shape index (κ1) is 20.2. The maximum absolute atomic E-state index is 12.1. The van der Waals surface area contributed by atoms with E-state index in [1.54, 1.807) is 29.2 Å². The Kier molecular flexibility index (Phi) is 6.67. The van der Waals surface area contributed by atoms with E-state index in [4.69, 9.17) is 14.6 Å². The number of para-hydroxylation sites is 2. The van der Waals surface area contributed by atoms with Crippen molar-refractivity contribution in [3.63, 3.8) is 0 Å². The van der Waals surface area contributed by atoms with Gasteiger partial charge in [0, 0.05) is 19.5 Å². The molecule has 0 spiro atoms. The number of carboxylic acids is 1. The number of hydrogen-bond donors (Lipinski definition) is 2. The molecule has 1 aliphatic heterocycles. The lowest BCUT2D eigenvalue weighted by Crippen LogP contribution is -2.41. The Balaban J connectivity index is 1.41. The van der Waals surface area contributed by atoms with Gasteiger partial charge in [-0.25, -0.2) is 4.79 Å². The van der Waals surface area contributed by atoms with Crippen LogP contribution in [0.3, 0.4) is 0 Å². The Morgan fingerprint density at radius 2 is 1.90 bits per heavy atom. The molecule has 2 N–H and O–H groups in total. The largest absolute Gasteiger partial charge is 0.482 e. The summed E-state index contributed by atoms with van der Waals surface area (Å²) in [4.78, 5) is 36.3. The molecule has 8 heteroatoms. The van der Waals surface area contributed by atoms with Gasteiger partial charge in [-0.3, -0.25) is 9.59 Å². The van der Waals surface area contributed by atoms with Crippen molar-refractivity contribution in [2.24, 2.45) is 0 Å². The highest BCUT2D eigenvalue weighted by Gasteiger charge is 2.25. The summed E-state index contributed by atoms with van der Waals surface area (Å²) in [5.41, 5.74) is 1.67. The fraction of sp³-hybridized carbons (Fsp3) is 0.286. The molecule has 0 bridgehead atoms. The van der Waals surface area contributed by atoms with Gasteiger partial charge in [0.25, 0.3) is 5.91 Å².